The van der Waals surface area contributed by atoms with Gasteiger partial charge in [0.15, 0.2) is 0 Å². The van der Waals surface area contributed by atoms with Crippen LogP contribution in [0.15, 0.2) is 48.5 Å². The van der Waals surface area contributed by atoms with Gasteiger partial charge in [-0.2, -0.15) is 0 Å². The maximum Gasteiger partial charge on any atom is 0.223 e. The van der Waals surface area contributed by atoms with Crippen LogP contribution in [0.25, 0.3) is 0 Å². The highest BCUT2D eigenvalue weighted by Crippen LogP contribution is 2.32. The van der Waals surface area contributed by atoms with Crippen molar-refractivity contribution in [2.75, 3.05) is 5.32 Å². The Morgan fingerprint density at radius 2 is 1.62 bits per heavy atom. The number of nitrogens with one attached hydrogen (secondary N) is 2. The number of rotatable bonds is 6. The van der Waals surface area contributed by atoms with E-state index in [2.05, 4.69) is 48.7 Å². The zero-order valence-electron chi connectivity index (χ0n) is 15.6. The molecule has 26 heavy (non-hydrogen) atoms. The molecule has 0 saturated heterocycles. The van der Waals surface area contributed by atoms with Crippen molar-refractivity contribution in [3.8, 4) is 0 Å². The Kier molecular flexibility index (Phi) is 5.40. The molecule has 0 aliphatic heterocycles. The first-order chi connectivity index (χ1) is 12.4. The van der Waals surface area contributed by atoms with Gasteiger partial charge < -0.3 is 10.6 Å². The summed E-state index contributed by atoms with van der Waals surface area (Å²) in [6, 6.07) is 15.8. The number of benzene rings is 2. The number of amides is 2. The summed E-state index contributed by atoms with van der Waals surface area (Å²) in [6.45, 7) is 5.82. The average molecular weight is 350 g/mol. The smallest absolute Gasteiger partial charge is 0.223 e. The summed E-state index contributed by atoms with van der Waals surface area (Å²) in [6.07, 6.45) is 1.94. The summed E-state index contributed by atoms with van der Waals surface area (Å²) in [5.41, 5.74) is 4.01. The lowest BCUT2D eigenvalue weighted by molar-refractivity contribution is -0.122. The molecule has 136 valence electrons. The molecule has 0 unspecified atom stereocenters. The fourth-order valence-electron chi connectivity index (χ4n) is 3.04. The summed E-state index contributed by atoms with van der Waals surface area (Å²) >= 11 is 0. The van der Waals surface area contributed by atoms with E-state index in [1.807, 2.05) is 24.3 Å². The van der Waals surface area contributed by atoms with E-state index < -0.39 is 0 Å². The first-order valence-corrected chi connectivity index (χ1v) is 9.22. The lowest BCUT2D eigenvalue weighted by Crippen LogP contribution is -2.30. The fraction of sp³-hybridized carbons (Fsp3) is 0.364. The second kappa shape index (κ2) is 7.73. The largest absolute Gasteiger partial charge is 0.345 e. The molecule has 1 fully saturated rings. The molecule has 3 rings (SSSR count). The summed E-state index contributed by atoms with van der Waals surface area (Å²) in [7, 11) is 0. The van der Waals surface area contributed by atoms with Crippen LogP contribution in [0.1, 0.15) is 62.3 Å². The minimum atomic E-state index is -0.224. The normalized spacial score (nSPS) is 14.8. The van der Waals surface area contributed by atoms with Crippen LogP contribution in [0.5, 0.6) is 0 Å². The Bertz CT molecular complexity index is 792. The first-order valence-electron chi connectivity index (χ1n) is 9.22. The molecule has 4 heteroatoms. The number of carbonyl (C=O) groups excluding carboxylic acids is 2. The monoisotopic (exact) mass is 350 g/mol. The van der Waals surface area contributed by atoms with E-state index in [4.69, 9.17) is 0 Å². The van der Waals surface area contributed by atoms with Crippen molar-refractivity contribution in [1.29, 1.82) is 0 Å². The summed E-state index contributed by atoms with van der Waals surface area (Å²) in [5.74, 6) is 0.604. The van der Waals surface area contributed by atoms with E-state index in [1.54, 1.807) is 0 Å². The predicted molar refractivity (Wildman–Crippen MR) is 104 cm³/mol. The maximum absolute atomic E-state index is 12.4. The van der Waals surface area contributed by atoms with Gasteiger partial charge in [-0.15, -0.1) is 0 Å². The molecule has 0 aromatic heterocycles. The van der Waals surface area contributed by atoms with Gasteiger partial charge in [0.25, 0.3) is 0 Å². The zero-order valence-corrected chi connectivity index (χ0v) is 15.6. The highest BCUT2D eigenvalue weighted by molar-refractivity contribution is 5.88. The van der Waals surface area contributed by atoms with Crippen molar-refractivity contribution in [1.82, 2.24) is 5.32 Å². The number of anilines is 1. The molecule has 2 amide bonds. The Labute approximate surface area is 155 Å². The third kappa shape index (κ3) is 4.51. The van der Waals surface area contributed by atoms with Gasteiger partial charge in [0.05, 0.1) is 6.04 Å². The molecule has 0 radical (unpaired) electrons. The topological polar surface area (TPSA) is 58.2 Å². The molecule has 2 aromatic rings. The van der Waals surface area contributed by atoms with E-state index in [0.29, 0.717) is 5.92 Å². The van der Waals surface area contributed by atoms with Crippen LogP contribution in [-0.2, 0) is 9.59 Å². The molecule has 1 atom stereocenters. The van der Waals surface area contributed by atoms with Crippen LogP contribution in [0.3, 0.4) is 0 Å². The molecular formula is C22H26N2O2. The van der Waals surface area contributed by atoms with Crippen molar-refractivity contribution < 1.29 is 9.59 Å². The zero-order chi connectivity index (χ0) is 18.7. The van der Waals surface area contributed by atoms with E-state index in [9.17, 15) is 9.59 Å². The molecule has 1 aliphatic carbocycles. The molecule has 2 N–H and O–H groups in total. The molecule has 4 nitrogen and oxygen atoms in total. The van der Waals surface area contributed by atoms with Crippen molar-refractivity contribution >= 4 is 17.5 Å². The highest BCUT2D eigenvalue weighted by Gasteiger charge is 2.31. The Balaban J connectivity index is 1.92. The van der Waals surface area contributed by atoms with Crippen LogP contribution in [-0.4, -0.2) is 11.8 Å². The van der Waals surface area contributed by atoms with Crippen molar-refractivity contribution in [3.05, 3.63) is 65.2 Å². The summed E-state index contributed by atoms with van der Waals surface area (Å²) in [4.78, 5) is 23.8. The van der Waals surface area contributed by atoms with Gasteiger partial charge >= 0.3 is 0 Å². The first kappa shape index (κ1) is 18.2. The van der Waals surface area contributed by atoms with Crippen LogP contribution >= 0.6 is 0 Å². The second-order valence-corrected chi connectivity index (χ2v) is 7.34. The predicted octanol–water partition coefficient (Wildman–Crippen LogP) is 4.38. The summed E-state index contributed by atoms with van der Waals surface area (Å²) < 4.78 is 0. The average Bonchev–Trinajstić information content (AvgIpc) is 3.44. The SMILES string of the molecule is CC(=O)Nc1cccc([C@H](NC(=O)C2CC2)c2ccc(C(C)C)cc2)c1. The number of hydrogen-bond donors (Lipinski definition) is 2. The van der Waals surface area contributed by atoms with Crippen LogP contribution < -0.4 is 10.6 Å². The van der Waals surface area contributed by atoms with Crippen LogP contribution in [0.2, 0.25) is 0 Å². The Hall–Kier alpha value is -2.62. The second-order valence-electron chi connectivity index (χ2n) is 7.34. The third-order valence-electron chi connectivity index (χ3n) is 4.71. The highest BCUT2D eigenvalue weighted by atomic mass is 16.2. The standard InChI is InChI=1S/C22H26N2O2/c1-14(2)16-7-9-17(10-8-16)21(24-22(26)18-11-12-18)19-5-4-6-20(13-19)23-15(3)25/h4-10,13-14,18,21H,11-12H2,1-3H3,(H,23,25)(H,24,26)/t21-/m1/s1. The number of carbonyl (C=O) groups is 2. The lowest BCUT2D eigenvalue weighted by Gasteiger charge is -2.21. The molecule has 0 bridgehead atoms. The molecule has 0 spiro atoms. The number of hydrogen-bond acceptors (Lipinski definition) is 2. The quantitative estimate of drug-likeness (QED) is 0.812. The van der Waals surface area contributed by atoms with Crippen molar-refractivity contribution in [3.63, 3.8) is 0 Å². The van der Waals surface area contributed by atoms with Crippen molar-refractivity contribution in [2.45, 2.75) is 45.6 Å². The van der Waals surface area contributed by atoms with Crippen molar-refractivity contribution in [2.24, 2.45) is 5.92 Å². The molecule has 0 heterocycles. The van der Waals surface area contributed by atoms with Gasteiger partial charge in [0, 0.05) is 18.5 Å². The maximum atomic E-state index is 12.4. The summed E-state index contributed by atoms with van der Waals surface area (Å²) in [5, 5.41) is 6.00. The molecular weight excluding hydrogens is 324 g/mol. The van der Waals surface area contributed by atoms with E-state index >= 15 is 0 Å². The van der Waals surface area contributed by atoms with Gasteiger partial charge in [0.2, 0.25) is 11.8 Å². The minimum Gasteiger partial charge on any atom is -0.345 e. The van der Waals surface area contributed by atoms with Gasteiger partial charge in [0.1, 0.15) is 0 Å². The van der Waals surface area contributed by atoms with Gasteiger partial charge in [-0.3, -0.25) is 9.59 Å². The van der Waals surface area contributed by atoms with E-state index in [0.717, 1.165) is 29.7 Å². The fourth-order valence-corrected chi connectivity index (χ4v) is 3.04. The minimum absolute atomic E-state index is 0.105. The molecule has 1 saturated carbocycles. The van der Waals surface area contributed by atoms with Crippen LogP contribution in [0.4, 0.5) is 5.69 Å². The third-order valence-corrected chi connectivity index (χ3v) is 4.71. The van der Waals surface area contributed by atoms with Crippen LogP contribution in [0, 0.1) is 5.92 Å². The Morgan fingerprint density at radius 3 is 2.19 bits per heavy atom. The van der Waals surface area contributed by atoms with Gasteiger partial charge in [-0.25, -0.2) is 0 Å². The van der Waals surface area contributed by atoms with Gasteiger partial charge in [-0.05, 0) is 47.6 Å². The molecule has 2 aromatic carbocycles. The van der Waals surface area contributed by atoms with E-state index in [1.165, 1.54) is 12.5 Å². The van der Waals surface area contributed by atoms with Gasteiger partial charge in [-0.1, -0.05) is 50.2 Å². The van der Waals surface area contributed by atoms with E-state index in [-0.39, 0.29) is 23.8 Å². The lowest BCUT2D eigenvalue weighted by atomic mass is 9.94. The molecule has 1 aliphatic rings. The Morgan fingerprint density at radius 1 is 0.962 bits per heavy atom.